The number of ketones is 1. The number of aromatic nitrogens is 1. The van der Waals surface area contributed by atoms with Crippen LogP contribution in [0.4, 0.5) is 22.0 Å². The highest BCUT2D eigenvalue weighted by atomic mass is 19.4. The van der Waals surface area contributed by atoms with E-state index in [1.807, 2.05) is 0 Å². The molecule has 0 spiro atoms. The summed E-state index contributed by atoms with van der Waals surface area (Å²) in [6.07, 6.45) is -4.02. The zero-order chi connectivity index (χ0) is 23.9. The average molecular weight is 461 g/mol. The summed E-state index contributed by atoms with van der Waals surface area (Å²) in [6, 6.07) is 11.6. The minimum absolute atomic E-state index is 0.0172. The Kier molecular flexibility index (Phi) is 5.36. The summed E-state index contributed by atoms with van der Waals surface area (Å²) < 4.78 is 72.6. The van der Waals surface area contributed by atoms with Gasteiger partial charge in [-0.1, -0.05) is 18.2 Å². The molecule has 1 N–H and O–H groups in total. The minimum atomic E-state index is -5.17. The topological polar surface area (TPSA) is 68.5 Å². The van der Waals surface area contributed by atoms with Crippen molar-refractivity contribution in [3.8, 4) is 11.4 Å². The Labute approximate surface area is 182 Å². The number of nitrogens with zero attached hydrogens (tertiary/aromatic N) is 1. The molecule has 1 aromatic heterocycles. The third-order valence-electron chi connectivity index (χ3n) is 4.84. The molecule has 1 heterocycles. The fourth-order valence-electron chi connectivity index (χ4n) is 3.46. The van der Waals surface area contributed by atoms with Gasteiger partial charge < -0.3 is 14.4 Å². The van der Waals surface area contributed by atoms with E-state index in [1.54, 1.807) is 0 Å². The van der Waals surface area contributed by atoms with Crippen LogP contribution in [-0.4, -0.2) is 27.8 Å². The number of carbonyl (C=O) groups is 2. The lowest BCUT2D eigenvalue weighted by molar-refractivity contribution is -0.274. The predicted molar refractivity (Wildman–Crippen MR) is 107 cm³/mol. The molecule has 0 bridgehead atoms. The maximum Gasteiger partial charge on any atom is 0.573 e. The van der Waals surface area contributed by atoms with E-state index >= 15 is 0 Å². The van der Waals surface area contributed by atoms with E-state index in [0.717, 1.165) is 30.5 Å². The standard InChI is InChI=1S/C23H12F5NO4/c24-16-4-2-6-18(33-23(26,27)28)19(16)21(30)15-11-29(20-14(15)3-1-5-17(20)25)13-9-7-12(8-10-13)22(31)32/h1-11H,(H,31,32). The van der Waals surface area contributed by atoms with Crippen LogP contribution in [0.15, 0.2) is 66.9 Å². The maximum atomic E-state index is 14.7. The lowest BCUT2D eigenvalue weighted by Gasteiger charge is -2.13. The number of benzene rings is 3. The zero-order valence-corrected chi connectivity index (χ0v) is 16.4. The Morgan fingerprint density at radius 3 is 2.15 bits per heavy atom. The van der Waals surface area contributed by atoms with Crippen molar-refractivity contribution in [3.05, 3.63) is 95.2 Å². The number of hydrogen-bond acceptors (Lipinski definition) is 3. The first-order valence-corrected chi connectivity index (χ1v) is 9.29. The highest BCUT2D eigenvalue weighted by Gasteiger charge is 2.34. The van der Waals surface area contributed by atoms with Crippen LogP contribution in [-0.2, 0) is 0 Å². The Bertz CT molecular complexity index is 1390. The summed E-state index contributed by atoms with van der Waals surface area (Å²) in [5.74, 6) is -5.36. The highest BCUT2D eigenvalue weighted by molar-refractivity contribution is 6.18. The average Bonchev–Trinajstić information content (AvgIpc) is 3.13. The number of fused-ring (bicyclic) bond motifs is 1. The van der Waals surface area contributed by atoms with Gasteiger partial charge in [0, 0.05) is 22.8 Å². The highest BCUT2D eigenvalue weighted by Crippen LogP contribution is 2.34. The van der Waals surface area contributed by atoms with E-state index in [4.69, 9.17) is 5.11 Å². The van der Waals surface area contributed by atoms with Gasteiger partial charge in [-0.15, -0.1) is 13.2 Å². The van der Waals surface area contributed by atoms with Crippen LogP contribution in [0.2, 0.25) is 0 Å². The molecular weight excluding hydrogens is 449 g/mol. The van der Waals surface area contributed by atoms with E-state index in [1.165, 1.54) is 41.0 Å². The first-order chi connectivity index (χ1) is 15.6. The van der Waals surface area contributed by atoms with Gasteiger partial charge in [0.25, 0.3) is 0 Å². The van der Waals surface area contributed by atoms with Crippen molar-refractivity contribution in [1.82, 2.24) is 4.57 Å². The van der Waals surface area contributed by atoms with Gasteiger partial charge in [-0.2, -0.15) is 0 Å². The van der Waals surface area contributed by atoms with E-state index < -0.39 is 41.1 Å². The molecule has 0 atom stereocenters. The lowest BCUT2D eigenvalue weighted by atomic mass is 10.0. The molecule has 3 aromatic carbocycles. The molecule has 0 aliphatic heterocycles. The van der Waals surface area contributed by atoms with Crippen molar-refractivity contribution in [2.75, 3.05) is 0 Å². The van der Waals surface area contributed by atoms with Crippen molar-refractivity contribution in [3.63, 3.8) is 0 Å². The molecule has 4 rings (SSSR count). The van der Waals surface area contributed by atoms with Crippen LogP contribution in [0.3, 0.4) is 0 Å². The van der Waals surface area contributed by atoms with Gasteiger partial charge in [0.05, 0.1) is 11.1 Å². The molecular formula is C23H12F5NO4. The number of carboxylic acids is 1. The molecule has 33 heavy (non-hydrogen) atoms. The molecule has 5 nitrogen and oxygen atoms in total. The smallest absolute Gasteiger partial charge is 0.478 e. The molecule has 0 fully saturated rings. The molecule has 0 unspecified atom stereocenters. The Morgan fingerprint density at radius 1 is 0.879 bits per heavy atom. The molecule has 0 saturated heterocycles. The Morgan fingerprint density at radius 2 is 1.52 bits per heavy atom. The molecule has 4 aromatic rings. The van der Waals surface area contributed by atoms with E-state index in [0.29, 0.717) is 0 Å². The first kappa shape index (κ1) is 22.0. The van der Waals surface area contributed by atoms with Gasteiger partial charge >= 0.3 is 12.3 Å². The van der Waals surface area contributed by atoms with Gasteiger partial charge in [-0.25, -0.2) is 13.6 Å². The fourth-order valence-corrected chi connectivity index (χ4v) is 3.46. The normalized spacial score (nSPS) is 11.5. The molecule has 0 radical (unpaired) electrons. The molecule has 0 amide bonds. The molecule has 0 saturated carbocycles. The van der Waals surface area contributed by atoms with Crippen molar-refractivity contribution in [1.29, 1.82) is 0 Å². The minimum Gasteiger partial charge on any atom is -0.478 e. The van der Waals surface area contributed by atoms with Crippen molar-refractivity contribution >= 4 is 22.7 Å². The second kappa shape index (κ2) is 8.05. The maximum absolute atomic E-state index is 14.7. The number of ether oxygens (including phenoxy) is 1. The van der Waals surface area contributed by atoms with Crippen LogP contribution in [0, 0.1) is 11.6 Å². The predicted octanol–water partition coefficient (Wildman–Crippen LogP) is 5.74. The van der Waals surface area contributed by atoms with Crippen molar-refractivity contribution in [2.24, 2.45) is 0 Å². The number of aromatic carboxylic acids is 1. The van der Waals surface area contributed by atoms with Gasteiger partial charge in [-0.3, -0.25) is 4.79 Å². The summed E-state index contributed by atoms with van der Waals surface area (Å²) in [5.41, 5.74) is -1.09. The third-order valence-corrected chi connectivity index (χ3v) is 4.84. The molecule has 168 valence electrons. The lowest BCUT2D eigenvalue weighted by Crippen LogP contribution is -2.20. The van der Waals surface area contributed by atoms with Crippen LogP contribution in [0.5, 0.6) is 5.75 Å². The number of halogens is 5. The fraction of sp³-hybridized carbons (Fsp3) is 0.0435. The van der Waals surface area contributed by atoms with Crippen LogP contribution in [0.25, 0.3) is 16.6 Å². The number of hydrogen-bond donors (Lipinski definition) is 1. The van der Waals surface area contributed by atoms with Gasteiger partial charge in [0.1, 0.15) is 22.9 Å². The summed E-state index contributed by atoms with van der Waals surface area (Å²) in [5, 5.41) is 9.08. The monoisotopic (exact) mass is 461 g/mol. The van der Waals surface area contributed by atoms with E-state index in [9.17, 15) is 31.5 Å². The van der Waals surface area contributed by atoms with Gasteiger partial charge in [0.2, 0.25) is 5.78 Å². The van der Waals surface area contributed by atoms with Gasteiger partial charge in [0.15, 0.2) is 0 Å². The van der Waals surface area contributed by atoms with E-state index in [-0.39, 0.29) is 27.7 Å². The largest absolute Gasteiger partial charge is 0.573 e. The molecule has 10 heteroatoms. The molecule has 0 aliphatic carbocycles. The summed E-state index contributed by atoms with van der Waals surface area (Å²) >= 11 is 0. The Balaban J connectivity index is 1.91. The third kappa shape index (κ3) is 4.14. The number of rotatable bonds is 5. The number of carbonyl (C=O) groups excluding carboxylic acids is 1. The quantitative estimate of drug-likeness (QED) is 0.304. The van der Waals surface area contributed by atoms with E-state index in [2.05, 4.69) is 4.74 Å². The second-order valence-electron chi connectivity index (χ2n) is 6.89. The Hall–Kier alpha value is -4.21. The summed E-state index contributed by atoms with van der Waals surface area (Å²) in [6.45, 7) is 0. The van der Waals surface area contributed by atoms with Crippen LogP contribution < -0.4 is 4.74 Å². The van der Waals surface area contributed by atoms with Crippen molar-refractivity contribution < 1.29 is 41.4 Å². The van der Waals surface area contributed by atoms with Gasteiger partial charge in [-0.05, 0) is 42.5 Å². The van der Waals surface area contributed by atoms with Crippen molar-refractivity contribution in [2.45, 2.75) is 6.36 Å². The summed E-state index contributed by atoms with van der Waals surface area (Å²) in [4.78, 5) is 24.3. The summed E-state index contributed by atoms with van der Waals surface area (Å²) in [7, 11) is 0. The van der Waals surface area contributed by atoms with Crippen LogP contribution >= 0.6 is 0 Å². The zero-order valence-electron chi connectivity index (χ0n) is 16.4. The molecule has 0 aliphatic rings. The SMILES string of the molecule is O=C(O)c1ccc(-n2cc(C(=O)c3c(F)cccc3OC(F)(F)F)c3cccc(F)c32)cc1. The number of para-hydroxylation sites is 1. The first-order valence-electron chi connectivity index (χ1n) is 9.29. The second-order valence-corrected chi connectivity index (χ2v) is 6.89. The number of alkyl halides is 3. The number of carboxylic acid groups (broad SMARTS) is 1. The van der Waals surface area contributed by atoms with Crippen LogP contribution in [0.1, 0.15) is 26.3 Å².